The van der Waals surface area contributed by atoms with Gasteiger partial charge in [0, 0.05) is 49.6 Å². The number of anilines is 2. The maximum absolute atomic E-state index is 15.8. The van der Waals surface area contributed by atoms with Crippen molar-refractivity contribution in [1.82, 2.24) is 15.2 Å². The highest BCUT2D eigenvalue weighted by molar-refractivity contribution is 6.07. The van der Waals surface area contributed by atoms with Crippen molar-refractivity contribution in [2.75, 3.05) is 43.6 Å². The zero-order valence-electron chi connectivity index (χ0n) is 25.0. The molecule has 15 heteroatoms. The van der Waals surface area contributed by atoms with Gasteiger partial charge in [0.25, 0.3) is 11.8 Å². The van der Waals surface area contributed by atoms with Crippen LogP contribution in [0.25, 0.3) is 11.1 Å². The predicted molar refractivity (Wildman–Crippen MR) is 157 cm³/mol. The summed E-state index contributed by atoms with van der Waals surface area (Å²) < 4.78 is 92.5. The van der Waals surface area contributed by atoms with Crippen LogP contribution in [0, 0.1) is 17.5 Å². The van der Waals surface area contributed by atoms with Crippen LogP contribution in [-0.4, -0.2) is 73.2 Å². The number of H-pyrrole nitrogens is 1. The number of alkyl halides is 3. The Morgan fingerprint density at radius 2 is 1.61 bits per heavy atom. The summed E-state index contributed by atoms with van der Waals surface area (Å²) in [5.74, 6) is -5.76. The number of benzene rings is 2. The maximum Gasteiger partial charge on any atom is 0.417 e. The molecule has 0 spiro atoms. The molecule has 2 aromatic carbocycles. The Hall–Kier alpha value is -4.37. The average Bonchev–Trinajstić information content (AvgIpc) is 3.48. The standard InChI is InChI=1S/C31H31F6N5O4/c1-15-12-42(13-16(2)41(15)3)26-10-22(32)19(8-25(26)40-29(44)20-11-38-27(43)9-21(20)31(35,36)37)17-6-23(33)28(24(34)7-17)30(45)39-18-4-5-46-14-18/h6-11,15-16,18H,4-5,12-14H2,1-3H3,(H,38,43)(H,39,45)(H,40,44)/t15-,16+,18?. The number of likely N-dealkylation sites (N-methyl/N-ethyl adjacent to an activating group) is 1. The van der Waals surface area contributed by atoms with Gasteiger partial charge in [-0.2, -0.15) is 13.2 Å². The number of nitrogens with zero attached hydrogens (tertiary/aromatic N) is 2. The molecular formula is C31H31F6N5O4. The number of amides is 2. The van der Waals surface area contributed by atoms with E-state index in [0.717, 1.165) is 24.3 Å². The lowest BCUT2D eigenvalue weighted by Gasteiger charge is -2.44. The van der Waals surface area contributed by atoms with E-state index in [2.05, 4.69) is 20.5 Å². The summed E-state index contributed by atoms with van der Waals surface area (Å²) in [5, 5.41) is 4.88. The molecule has 2 aliphatic rings. The molecule has 246 valence electrons. The zero-order valence-corrected chi connectivity index (χ0v) is 25.0. The fourth-order valence-electron chi connectivity index (χ4n) is 5.68. The molecule has 3 N–H and O–H groups in total. The van der Waals surface area contributed by atoms with Crippen molar-refractivity contribution in [3.05, 3.63) is 81.0 Å². The van der Waals surface area contributed by atoms with Crippen LogP contribution >= 0.6 is 0 Å². The van der Waals surface area contributed by atoms with Gasteiger partial charge in [0.2, 0.25) is 5.56 Å². The van der Waals surface area contributed by atoms with Gasteiger partial charge in [0.05, 0.1) is 35.2 Å². The number of hydrogen-bond acceptors (Lipinski definition) is 6. The molecule has 1 unspecified atom stereocenters. The fraction of sp³-hybridized carbons (Fsp3) is 0.387. The van der Waals surface area contributed by atoms with Crippen molar-refractivity contribution in [3.8, 4) is 11.1 Å². The molecule has 2 saturated heterocycles. The SMILES string of the molecule is C[C@@H]1CN(c2cc(F)c(-c3cc(F)c(C(=O)NC4CCOC4)c(F)c3)cc2NC(=O)c2c[nH]c(=O)cc2C(F)(F)F)C[C@H](C)N1C. The number of ether oxygens (including phenoxy) is 1. The lowest BCUT2D eigenvalue weighted by Crippen LogP contribution is -2.55. The highest BCUT2D eigenvalue weighted by Crippen LogP contribution is 2.38. The van der Waals surface area contributed by atoms with Crippen LogP contribution in [0.2, 0.25) is 0 Å². The van der Waals surface area contributed by atoms with E-state index in [1.807, 2.05) is 20.9 Å². The first-order valence-electron chi connectivity index (χ1n) is 14.4. The summed E-state index contributed by atoms with van der Waals surface area (Å²) in [5.41, 5.74) is -5.07. The molecule has 2 aliphatic heterocycles. The van der Waals surface area contributed by atoms with Crippen molar-refractivity contribution in [3.63, 3.8) is 0 Å². The molecule has 5 rings (SSSR count). The van der Waals surface area contributed by atoms with E-state index in [1.165, 1.54) is 0 Å². The first-order chi connectivity index (χ1) is 21.6. The van der Waals surface area contributed by atoms with Crippen molar-refractivity contribution in [2.24, 2.45) is 0 Å². The molecule has 46 heavy (non-hydrogen) atoms. The van der Waals surface area contributed by atoms with E-state index in [1.54, 1.807) is 4.90 Å². The smallest absolute Gasteiger partial charge is 0.379 e. The van der Waals surface area contributed by atoms with Crippen molar-refractivity contribution in [2.45, 2.75) is 44.6 Å². The third-order valence-corrected chi connectivity index (χ3v) is 8.35. The minimum atomic E-state index is -5.05. The Morgan fingerprint density at radius 1 is 0.957 bits per heavy atom. The molecule has 3 aromatic rings. The van der Waals surface area contributed by atoms with Crippen LogP contribution in [0.15, 0.2) is 41.3 Å². The molecule has 0 saturated carbocycles. The van der Waals surface area contributed by atoms with Crippen molar-refractivity contribution < 1.29 is 40.7 Å². The van der Waals surface area contributed by atoms with Crippen molar-refractivity contribution >= 4 is 23.2 Å². The van der Waals surface area contributed by atoms with E-state index in [0.29, 0.717) is 32.3 Å². The molecule has 2 amide bonds. The van der Waals surface area contributed by atoms with Crippen LogP contribution in [0.5, 0.6) is 0 Å². The maximum atomic E-state index is 15.8. The van der Waals surface area contributed by atoms with Gasteiger partial charge < -0.3 is 25.3 Å². The normalized spacial score (nSPS) is 20.5. The zero-order chi connectivity index (χ0) is 33.5. The molecule has 3 atom stereocenters. The first-order valence-corrected chi connectivity index (χ1v) is 14.4. The Bertz CT molecular complexity index is 1690. The molecule has 9 nitrogen and oxygen atoms in total. The number of piperazine rings is 1. The topological polar surface area (TPSA) is 107 Å². The Labute approximate surface area is 259 Å². The summed E-state index contributed by atoms with van der Waals surface area (Å²) in [4.78, 5) is 43.4. The van der Waals surface area contributed by atoms with E-state index >= 15 is 13.2 Å². The number of aromatic amines is 1. The number of aromatic nitrogens is 1. The monoisotopic (exact) mass is 651 g/mol. The van der Waals surface area contributed by atoms with Gasteiger partial charge in [-0.05, 0) is 57.1 Å². The number of carbonyl (C=O) groups is 2. The number of nitrogens with one attached hydrogen (secondary N) is 3. The second kappa shape index (κ2) is 12.8. The van der Waals surface area contributed by atoms with Gasteiger partial charge in [-0.25, -0.2) is 13.2 Å². The van der Waals surface area contributed by atoms with Gasteiger partial charge in [0.1, 0.15) is 23.0 Å². The van der Waals surface area contributed by atoms with E-state index in [-0.39, 0.29) is 47.3 Å². The number of hydrogen-bond donors (Lipinski definition) is 3. The minimum Gasteiger partial charge on any atom is -0.379 e. The first kappa shape index (κ1) is 33.0. The third kappa shape index (κ3) is 6.75. The number of carbonyl (C=O) groups excluding carboxylic acids is 2. The molecular weight excluding hydrogens is 620 g/mol. The van der Waals surface area contributed by atoms with Crippen LogP contribution < -0.4 is 21.1 Å². The van der Waals surface area contributed by atoms with Gasteiger partial charge >= 0.3 is 6.18 Å². The molecule has 0 aliphatic carbocycles. The molecule has 0 bridgehead atoms. The quantitative estimate of drug-likeness (QED) is 0.332. The lowest BCUT2D eigenvalue weighted by atomic mass is 9.99. The predicted octanol–water partition coefficient (Wildman–Crippen LogP) is 4.78. The number of rotatable bonds is 6. The second-order valence-electron chi connectivity index (χ2n) is 11.5. The number of pyridine rings is 1. The Morgan fingerprint density at radius 3 is 2.20 bits per heavy atom. The largest absolute Gasteiger partial charge is 0.417 e. The third-order valence-electron chi connectivity index (χ3n) is 8.35. The summed E-state index contributed by atoms with van der Waals surface area (Å²) in [7, 11) is 1.91. The van der Waals surface area contributed by atoms with Gasteiger partial charge in [-0.3, -0.25) is 19.3 Å². The summed E-state index contributed by atoms with van der Waals surface area (Å²) >= 11 is 0. The van der Waals surface area contributed by atoms with Crippen molar-refractivity contribution in [1.29, 1.82) is 0 Å². The number of halogens is 6. The van der Waals surface area contributed by atoms with Crippen LogP contribution in [-0.2, 0) is 10.9 Å². The summed E-state index contributed by atoms with van der Waals surface area (Å²) in [6, 6.07) is 3.36. The fourth-order valence-corrected chi connectivity index (χ4v) is 5.68. The van der Waals surface area contributed by atoms with Crippen LogP contribution in [0.1, 0.15) is 46.5 Å². The van der Waals surface area contributed by atoms with Gasteiger partial charge in [0.15, 0.2) is 0 Å². The molecule has 0 radical (unpaired) electrons. The van der Waals surface area contributed by atoms with E-state index < -0.39 is 63.7 Å². The Balaban J connectivity index is 1.57. The van der Waals surface area contributed by atoms with Gasteiger partial charge in [-0.1, -0.05) is 0 Å². The molecule has 3 heterocycles. The minimum absolute atomic E-state index is 0.0382. The van der Waals surface area contributed by atoms with Crippen LogP contribution in [0.3, 0.4) is 0 Å². The second-order valence-corrected chi connectivity index (χ2v) is 11.5. The Kier molecular flexibility index (Phi) is 9.18. The van der Waals surface area contributed by atoms with Gasteiger partial charge in [-0.15, -0.1) is 0 Å². The molecule has 2 fully saturated rings. The highest BCUT2D eigenvalue weighted by Gasteiger charge is 2.36. The lowest BCUT2D eigenvalue weighted by molar-refractivity contribution is -0.138. The summed E-state index contributed by atoms with van der Waals surface area (Å²) in [6.07, 6.45) is -3.96. The van der Waals surface area contributed by atoms with E-state index in [9.17, 15) is 27.6 Å². The molecule has 1 aromatic heterocycles. The average molecular weight is 652 g/mol. The highest BCUT2D eigenvalue weighted by atomic mass is 19.4. The van der Waals surface area contributed by atoms with E-state index in [4.69, 9.17) is 4.74 Å². The van der Waals surface area contributed by atoms with Crippen LogP contribution in [0.4, 0.5) is 37.7 Å². The summed E-state index contributed by atoms with van der Waals surface area (Å²) in [6.45, 7) is 5.12.